The van der Waals surface area contributed by atoms with Gasteiger partial charge in [-0.05, 0) is 44.9 Å². The topological polar surface area (TPSA) is 64.1 Å². The summed E-state index contributed by atoms with van der Waals surface area (Å²) in [5.74, 6) is 0.552. The van der Waals surface area contributed by atoms with Crippen molar-refractivity contribution >= 4 is 28.1 Å². The Morgan fingerprint density at radius 2 is 1.96 bits per heavy atom. The summed E-state index contributed by atoms with van der Waals surface area (Å²) in [6.45, 7) is 7.94. The van der Waals surface area contributed by atoms with E-state index in [-0.39, 0.29) is 11.9 Å². The van der Waals surface area contributed by atoms with Crippen LogP contribution in [0.25, 0.3) is 10.9 Å². The van der Waals surface area contributed by atoms with Gasteiger partial charge in [0.2, 0.25) is 5.88 Å². The number of nitrogens with one attached hydrogen (secondary N) is 1. The van der Waals surface area contributed by atoms with Gasteiger partial charge in [-0.25, -0.2) is 9.97 Å². The zero-order chi connectivity index (χ0) is 19.4. The van der Waals surface area contributed by atoms with Gasteiger partial charge in [-0.2, -0.15) is 0 Å². The molecule has 0 bridgehead atoms. The summed E-state index contributed by atoms with van der Waals surface area (Å²) in [6, 6.07) is 9.88. The van der Waals surface area contributed by atoms with Gasteiger partial charge in [0.15, 0.2) is 5.78 Å². The van der Waals surface area contributed by atoms with Crippen LogP contribution >= 0.6 is 0 Å². The van der Waals surface area contributed by atoms with Crippen LogP contribution in [0.1, 0.15) is 49.5 Å². The highest BCUT2D eigenvalue weighted by atomic mass is 16.5. The lowest BCUT2D eigenvalue weighted by atomic mass is 10.0. The van der Waals surface area contributed by atoms with Gasteiger partial charge in [-0.1, -0.05) is 25.1 Å². The highest BCUT2D eigenvalue weighted by molar-refractivity contribution is 6.09. The third-order valence-electron chi connectivity index (χ3n) is 4.28. The van der Waals surface area contributed by atoms with Crippen molar-refractivity contribution in [3.8, 4) is 5.88 Å². The molecule has 1 N–H and O–H groups in total. The highest BCUT2D eigenvalue weighted by Crippen LogP contribution is 2.34. The minimum absolute atomic E-state index is 0.0147. The molecule has 2 heterocycles. The normalized spacial score (nSPS) is 11.0. The summed E-state index contributed by atoms with van der Waals surface area (Å²) in [5, 5.41) is 4.28. The number of fused-ring (bicyclic) bond motifs is 1. The number of pyridine rings is 2. The standard InChI is InChI=1S/C22H25N3O2/c1-5-8-19(26)17-13-24-21-16(11-12-23-22(21)27-14(2)3)20(17)25-18-10-7-6-9-15(18)4/h6-7,9-14H,5,8H2,1-4H3,(H,24,25). The van der Waals surface area contributed by atoms with Gasteiger partial charge in [-0.15, -0.1) is 0 Å². The molecule has 0 unspecified atom stereocenters. The first-order valence-corrected chi connectivity index (χ1v) is 9.31. The Morgan fingerprint density at radius 1 is 1.19 bits per heavy atom. The van der Waals surface area contributed by atoms with Crippen molar-refractivity contribution in [3.05, 3.63) is 53.9 Å². The Morgan fingerprint density at radius 3 is 2.67 bits per heavy atom. The molecule has 0 fully saturated rings. The molecule has 3 aromatic rings. The summed E-state index contributed by atoms with van der Waals surface area (Å²) in [6.07, 6.45) is 4.59. The minimum atomic E-state index is -0.0147. The van der Waals surface area contributed by atoms with E-state index in [1.54, 1.807) is 12.4 Å². The summed E-state index contributed by atoms with van der Waals surface area (Å²) >= 11 is 0. The first kappa shape index (κ1) is 18.8. The van der Waals surface area contributed by atoms with Crippen molar-refractivity contribution in [3.63, 3.8) is 0 Å². The van der Waals surface area contributed by atoms with Crippen LogP contribution in [0.3, 0.4) is 0 Å². The number of aryl methyl sites for hydroxylation is 1. The molecule has 0 spiro atoms. The van der Waals surface area contributed by atoms with Crippen molar-refractivity contribution in [2.75, 3.05) is 5.32 Å². The predicted molar refractivity (Wildman–Crippen MR) is 109 cm³/mol. The first-order chi connectivity index (χ1) is 13.0. The summed E-state index contributed by atoms with van der Waals surface area (Å²) in [4.78, 5) is 21.6. The smallest absolute Gasteiger partial charge is 0.240 e. The van der Waals surface area contributed by atoms with Gasteiger partial charge >= 0.3 is 0 Å². The SMILES string of the molecule is CCCC(=O)c1cnc2c(OC(C)C)nccc2c1Nc1ccccc1C. The molecule has 27 heavy (non-hydrogen) atoms. The van der Waals surface area contributed by atoms with Gasteiger partial charge in [-0.3, -0.25) is 4.79 Å². The van der Waals surface area contributed by atoms with Crippen LogP contribution in [0.4, 0.5) is 11.4 Å². The maximum atomic E-state index is 12.7. The van der Waals surface area contributed by atoms with E-state index in [1.165, 1.54) is 0 Å². The number of ketones is 1. The average Bonchev–Trinajstić information content (AvgIpc) is 2.64. The fraction of sp³-hybridized carbons (Fsp3) is 0.318. The molecule has 2 aromatic heterocycles. The molecule has 0 aliphatic heterocycles. The van der Waals surface area contributed by atoms with Crippen LogP contribution in [-0.4, -0.2) is 21.9 Å². The number of anilines is 2. The number of hydrogen-bond acceptors (Lipinski definition) is 5. The Kier molecular flexibility index (Phi) is 5.69. The molecule has 140 valence electrons. The molecule has 0 atom stereocenters. The van der Waals surface area contributed by atoms with Crippen LogP contribution in [-0.2, 0) is 0 Å². The Labute approximate surface area is 159 Å². The zero-order valence-corrected chi connectivity index (χ0v) is 16.2. The fourth-order valence-electron chi connectivity index (χ4n) is 2.97. The van der Waals surface area contributed by atoms with Gasteiger partial charge < -0.3 is 10.1 Å². The van der Waals surface area contributed by atoms with E-state index in [2.05, 4.69) is 15.3 Å². The lowest BCUT2D eigenvalue weighted by Gasteiger charge is -2.17. The Bertz CT molecular complexity index is 967. The number of aromatic nitrogens is 2. The minimum Gasteiger partial charge on any atom is -0.473 e. The fourth-order valence-corrected chi connectivity index (χ4v) is 2.97. The molecule has 5 heteroatoms. The van der Waals surface area contributed by atoms with Gasteiger partial charge in [0.05, 0.1) is 17.4 Å². The van der Waals surface area contributed by atoms with E-state index >= 15 is 0 Å². The van der Waals surface area contributed by atoms with E-state index in [0.717, 1.165) is 28.7 Å². The van der Waals surface area contributed by atoms with E-state index in [9.17, 15) is 4.79 Å². The number of carbonyl (C=O) groups is 1. The van der Waals surface area contributed by atoms with Crippen LogP contribution in [0.15, 0.2) is 42.7 Å². The number of para-hydroxylation sites is 1. The van der Waals surface area contributed by atoms with Crippen molar-refractivity contribution < 1.29 is 9.53 Å². The largest absolute Gasteiger partial charge is 0.473 e. The third kappa shape index (κ3) is 4.08. The second-order valence-electron chi connectivity index (χ2n) is 6.84. The number of rotatable bonds is 7. The molecule has 0 aliphatic rings. The second kappa shape index (κ2) is 8.16. The van der Waals surface area contributed by atoms with Crippen molar-refractivity contribution in [1.29, 1.82) is 0 Å². The van der Waals surface area contributed by atoms with E-state index in [1.807, 2.05) is 58.0 Å². The molecular formula is C22H25N3O2. The predicted octanol–water partition coefficient (Wildman–Crippen LogP) is 5.45. The maximum absolute atomic E-state index is 12.7. The second-order valence-corrected chi connectivity index (χ2v) is 6.84. The summed E-state index contributed by atoms with van der Waals surface area (Å²) < 4.78 is 5.82. The molecule has 0 saturated carbocycles. The molecule has 0 amide bonds. The summed E-state index contributed by atoms with van der Waals surface area (Å²) in [5.41, 5.74) is 4.05. The number of benzene rings is 1. The number of hydrogen-bond donors (Lipinski definition) is 1. The van der Waals surface area contributed by atoms with Gasteiger partial charge in [0, 0.05) is 29.9 Å². The van der Waals surface area contributed by atoms with Crippen molar-refractivity contribution in [2.24, 2.45) is 0 Å². The first-order valence-electron chi connectivity index (χ1n) is 9.31. The van der Waals surface area contributed by atoms with Crippen LogP contribution in [0, 0.1) is 6.92 Å². The Hall–Kier alpha value is -2.95. The van der Waals surface area contributed by atoms with Crippen molar-refractivity contribution in [2.45, 2.75) is 46.6 Å². The average molecular weight is 363 g/mol. The zero-order valence-electron chi connectivity index (χ0n) is 16.2. The van der Waals surface area contributed by atoms with Gasteiger partial charge in [0.1, 0.15) is 5.52 Å². The third-order valence-corrected chi connectivity index (χ3v) is 4.28. The van der Waals surface area contributed by atoms with Gasteiger partial charge in [0.25, 0.3) is 0 Å². The Balaban J connectivity index is 2.20. The van der Waals surface area contributed by atoms with Crippen LogP contribution in [0.2, 0.25) is 0 Å². The molecule has 0 aliphatic carbocycles. The van der Waals surface area contributed by atoms with E-state index < -0.39 is 0 Å². The summed E-state index contributed by atoms with van der Waals surface area (Å²) in [7, 11) is 0. The molecule has 1 aromatic carbocycles. The lowest BCUT2D eigenvalue weighted by molar-refractivity contribution is 0.0982. The number of ether oxygens (including phenoxy) is 1. The van der Waals surface area contributed by atoms with E-state index in [0.29, 0.717) is 23.4 Å². The number of Topliss-reactive ketones (excluding diaryl/α,β-unsaturated/α-hetero) is 1. The maximum Gasteiger partial charge on any atom is 0.240 e. The molecular weight excluding hydrogens is 338 g/mol. The van der Waals surface area contributed by atoms with Crippen LogP contribution < -0.4 is 10.1 Å². The van der Waals surface area contributed by atoms with Crippen LogP contribution in [0.5, 0.6) is 5.88 Å². The lowest BCUT2D eigenvalue weighted by Crippen LogP contribution is -2.10. The van der Waals surface area contributed by atoms with Crippen molar-refractivity contribution in [1.82, 2.24) is 9.97 Å². The van der Waals surface area contributed by atoms with E-state index in [4.69, 9.17) is 4.74 Å². The molecule has 5 nitrogen and oxygen atoms in total. The molecule has 0 saturated heterocycles. The molecule has 3 rings (SSSR count). The molecule has 0 radical (unpaired) electrons. The monoisotopic (exact) mass is 363 g/mol. The number of carbonyl (C=O) groups excluding carboxylic acids is 1. The number of nitrogens with zero attached hydrogens (tertiary/aromatic N) is 2. The quantitative estimate of drug-likeness (QED) is 0.565. The highest BCUT2D eigenvalue weighted by Gasteiger charge is 2.18.